The Balaban J connectivity index is 2.90. The molecular formula is C8H10Cl3NO2S2. The third kappa shape index (κ3) is 3.75. The van der Waals surface area contributed by atoms with Gasteiger partial charge in [-0.15, -0.1) is 22.9 Å². The molecule has 0 aliphatic rings. The lowest BCUT2D eigenvalue weighted by Crippen LogP contribution is -2.32. The van der Waals surface area contributed by atoms with E-state index in [1.54, 1.807) is 6.92 Å². The van der Waals surface area contributed by atoms with Crippen LogP contribution in [0.25, 0.3) is 0 Å². The van der Waals surface area contributed by atoms with Crippen LogP contribution in [0.3, 0.4) is 0 Å². The summed E-state index contributed by atoms with van der Waals surface area (Å²) in [5, 5.41) is 0. The summed E-state index contributed by atoms with van der Waals surface area (Å²) in [6.45, 7) is 1.74. The standard InChI is InChI=1S/C8H10Cl3NO2S2/c1-5(2-3-9)12-16(13,14)6-4-7(10)15-8(6)11/h4-5,12H,2-3H2,1H3. The molecule has 0 aliphatic heterocycles. The van der Waals surface area contributed by atoms with E-state index in [4.69, 9.17) is 34.8 Å². The summed E-state index contributed by atoms with van der Waals surface area (Å²) in [5.74, 6) is 0.391. The molecule has 0 radical (unpaired) electrons. The van der Waals surface area contributed by atoms with Gasteiger partial charge in [-0.25, -0.2) is 13.1 Å². The molecule has 0 fully saturated rings. The van der Waals surface area contributed by atoms with Gasteiger partial charge in [0.15, 0.2) is 0 Å². The SMILES string of the molecule is CC(CCCl)NS(=O)(=O)c1cc(Cl)sc1Cl. The fourth-order valence-corrected chi connectivity index (χ4v) is 4.81. The van der Waals surface area contributed by atoms with Crippen molar-refractivity contribution in [2.75, 3.05) is 5.88 Å². The van der Waals surface area contributed by atoms with Crippen LogP contribution in [0.4, 0.5) is 0 Å². The summed E-state index contributed by atoms with van der Waals surface area (Å²) in [4.78, 5) is 0.0191. The van der Waals surface area contributed by atoms with Gasteiger partial charge in [-0.1, -0.05) is 23.2 Å². The van der Waals surface area contributed by atoms with E-state index in [1.165, 1.54) is 6.07 Å². The molecule has 1 N–H and O–H groups in total. The summed E-state index contributed by atoms with van der Waals surface area (Å²) in [6, 6.07) is 1.10. The second-order valence-electron chi connectivity index (χ2n) is 3.19. The second-order valence-corrected chi connectivity index (χ2v) is 7.53. The molecule has 1 heterocycles. The average Bonchev–Trinajstić information content (AvgIpc) is 2.45. The van der Waals surface area contributed by atoms with E-state index < -0.39 is 10.0 Å². The number of sulfonamides is 1. The molecule has 0 bridgehead atoms. The lowest BCUT2D eigenvalue weighted by molar-refractivity contribution is 0.557. The molecule has 1 unspecified atom stereocenters. The topological polar surface area (TPSA) is 46.2 Å². The molecule has 1 rings (SSSR count). The van der Waals surface area contributed by atoms with Gasteiger partial charge in [0.1, 0.15) is 9.23 Å². The first-order valence-corrected chi connectivity index (χ1v) is 7.99. The van der Waals surface area contributed by atoms with Crippen molar-refractivity contribution >= 4 is 56.2 Å². The number of hydrogen-bond acceptors (Lipinski definition) is 3. The molecule has 0 amide bonds. The van der Waals surface area contributed by atoms with E-state index in [9.17, 15) is 8.42 Å². The van der Waals surface area contributed by atoms with E-state index in [1.807, 2.05) is 0 Å². The fraction of sp³-hybridized carbons (Fsp3) is 0.500. The number of rotatable bonds is 5. The second kappa shape index (κ2) is 5.89. The van der Waals surface area contributed by atoms with Gasteiger partial charge in [-0.3, -0.25) is 0 Å². The maximum Gasteiger partial charge on any atom is 0.243 e. The Morgan fingerprint density at radius 3 is 2.56 bits per heavy atom. The minimum absolute atomic E-state index is 0.0191. The van der Waals surface area contributed by atoms with Crippen molar-refractivity contribution in [3.8, 4) is 0 Å². The van der Waals surface area contributed by atoms with Crippen molar-refractivity contribution in [1.29, 1.82) is 0 Å². The Labute approximate surface area is 114 Å². The predicted molar refractivity (Wildman–Crippen MR) is 69.5 cm³/mol. The van der Waals surface area contributed by atoms with Gasteiger partial charge < -0.3 is 0 Å². The van der Waals surface area contributed by atoms with Gasteiger partial charge in [0, 0.05) is 11.9 Å². The van der Waals surface area contributed by atoms with Gasteiger partial charge in [0.05, 0.1) is 4.34 Å². The molecule has 0 aromatic carbocycles. The quantitative estimate of drug-likeness (QED) is 0.845. The normalized spacial score (nSPS) is 14.0. The van der Waals surface area contributed by atoms with Crippen molar-refractivity contribution in [3.05, 3.63) is 14.7 Å². The van der Waals surface area contributed by atoms with Crippen LogP contribution in [0.2, 0.25) is 8.67 Å². The highest BCUT2D eigenvalue weighted by Crippen LogP contribution is 2.34. The summed E-state index contributed by atoms with van der Waals surface area (Å²) in [5.41, 5.74) is 0. The third-order valence-electron chi connectivity index (χ3n) is 1.81. The highest BCUT2D eigenvalue weighted by atomic mass is 35.5. The van der Waals surface area contributed by atoms with Crippen molar-refractivity contribution in [2.45, 2.75) is 24.3 Å². The summed E-state index contributed by atoms with van der Waals surface area (Å²) >= 11 is 18.0. The lowest BCUT2D eigenvalue weighted by Gasteiger charge is -2.11. The van der Waals surface area contributed by atoms with Gasteiger partial charge in [-0.2, -0.15) is 0 Å². The monoisotopic (exact) mass is 321 g/mol. The van der Waals surface area contributed by atoms with E-state index in [-0.39, 0.29) is 15.3 Å². The first-order chi connectivity index (χ1) is 7.36. The van der Waals surface area contributed by atoms with Crippen LogP contribution in [-0.4, -0.2) is 20.3 Å². The average molecular weight is 323 g/mol. The van der Waals surface area contributed by atoms with Crippen LogP contribution >= 0.6 is 46.1 Å². The smallest absolute Gasteiger partial charge is 0.208 e. The Bertz CT molecular complexity index is 458. The molecule has 1 atom stereocenters. The molecule has 0 aliphatic carbocycles. The number of thiophene rings is 1. The minimum Gasteiger partial charge on any atom is -0.208 e. The van der Waals surface area contributed by atoms with E-state index in [2.05, 4.69) is 4.72 Å². The maximum atomic E-state index is 11.9. The van der Waals surface area contributed by atoms with Crippen molar-refractivity contribution in [2.24, 2.45) is 0 Å². The lowest BCUT2D eigenvalue weighted by atomic mass is 10.3. The number of hydrogen-bond donors (Lipinski definition) is 1. The highest BCUT2D eigenvalue weighted by molar-refractivity contribution is 7.89. The maximum absolute atomic E-state index is 11.9. The molecule has 0 saturated heterocycles. The van der Waals surface area contributed by atoms with Crippen LogP contribution in [-0.2, 0) is 10.0 Å². The zero-order valence-electron chi connectivity index (χ0n) is 8.34. The molecule has 1 aromatic heterocycles. The molecule has 0 spiro atoms. The fourth-order valence-electron chi connectivity index (χ4n) is 1.06. The van der Waals surface area contributed by atoms with E-state index >= 15 is 0 Å². The Morgan fingerprint density at radius 1 is 1.50 bits per heavy atom. The van der Waals surface area contributed by atoms with Crippen molar-refractivity contribution in [1.82, 2.24) is 4.72 Å². The van der Waals surface area contributed by atoms with E-state index in [0.29, 0.717) is 16.6 Å². The van der Waals surface area contributed by atoms with Crippen molar-refractivity contribution < 1.29 is 8.42 Å². The van der Waals surface area contributed by atoms with E-state index in [0.717, 1.165) is 11.3 Å². The van der Waals surface area contributed by atoms with Crippen molar-refractivity contribution in [3.63, 3.8) is 0 Å². The third-order valence-corrected chi connectivity index (χ3v) is 5.37. The molecule has 1 aromatic rings. The van der Waals surface area contributed by atoms with Crippen LogP contribution in [0.5, 0.6) is 0 Å². The molecular weight excluding hydrogens is 313 g/mol. The Morgan fingerprint density at radius 2 is 2.12 bits per heavy atom. The molecule has 3 nitrogen and oxygen atoms in total. The first-order valence-electron chi connectivity index (χ1n) is 4.40. The number of alkyl halides is 1. The number of halogens is 3. The highest BCUT2D eigenvalue weighted by Gasteiger charge is 2.22. The summed E-state index contributed by atoms with van der Waals surface area (Å²) < 4.78 is 26.7. The zero-order chi connectivity index (χ0) is 12.3. The summed E-state index contributed by atoms with van der Waals surface area (Å²) in [6.07, 6.45) is 0.552. The molecule has 0 saturated carbocycles. The van der Waals surface area contributed by atoms with Crippen LogP contribution in [0.1, 0.15) is 13.3 Å². The Hall–Kier alpha value is 0.480. The van der Waals surface area contributed by atoms with Gasteiger partial charge in [0.25, 0.3) is 0 Å². The van der Waals surface area contributed by atoms with Gasteiger partial charge in [0.2, 0.25) is 10.0 Å². The van der Waals surface area contributed by atoms with Crippen LogP contribution in [0.15, 0.2) is 11.0 Å². The van der Waals surface area contributed by atoms with Crippen LogP contribution < -0.4 is 4.72 Å². The largest absolute Gasteiger partial charge is 0.243 e. The Kier molecular flexibility index (Phi) is 5.35. The summed E-state index contributed by atoms with van der Waals surface area (Å²) in [7, 11) is -3.61. The molecule has 8 heteroatoms. The number of nitrogens with one attached hydrogen (secondary N) is 1. The minimum atomic E-state index is -3.61. The van der Waals surface area contributed by atoms with Gasteiger partial charge >= 0.3 is 0 Å². The molecule has 16 heavy (non-hydrogen) atoms. The predicted octanol–water partition coefficient (Wildman–Crippen LogP) is 3.35. The first kappa shape index (κ1) is 14.5. The van der Waals surface area contributed by atoms with Gasteiger partial charge in [-0.05, 0) is 19.4 Å². The zero-order valence-corrected chi connectivity index (χ0v) is 12.2. The molecule has 92 valence electrons. The van der Waals surface area contributed by atoms with Crippen LogP contribution in [0, 0.1) is 0 Å².